The molecule has 332 valence electrons. The Morgan fingerprint density at radius 1 is 0.766 bits per heavy atom. The van der Waals surface area contributed by atoms with Crippen LogP contribution in [0.5, 0.6) is 23.3 Å². The molecule has 0 unspecified atom stereocenters. The molecule has 0 atom stereocenters. The minimum atomic E-state index is -0.644. The van der Waals surface area contributed by atoms with Crippen LogP contribution in [0, 0.1) is 20.8 Å². The molecule has 0 spiro atoms. The number of nitrogens with zero attached hydrogens (tertiary/aromatic N) is 11. The Bertz CT molecular complexity index is 3120. The summed E-state index contributed by atoms with van der Waals surface area (Å²) >= 11 is 0. The van der Waals surface area contributed by atoms with Crippen LogP contribution in [-0.4, -0.2) is 116 Å². The molecule has 0 bridgehead atoms. The van der Waals surface area contributed by atoms with Crippen LogP contribution in [0.2, 0.25) is 0 Å². The Morgan fingerprint density at radius 3 is 1.84 bits per heavy atom. The van der Waals surface area contributed by atoms with Crippen molar-refractivity contribution in [3.63, 3.8) is 0 Å². The summed E-state index contributed by atoms with van der Waals surface area (Å²) in [5, 5.41) is 34.7. The average molecular weight is 869 g/mol. The van der Waals surface area contributed by atoms with Crippen molar-refractivity contribution >= 4 is 49.8 Å². The normalized spacial score (nSPS) is 13.7. The number of aromatic nitrogens is 10. The van der Waals surface area contributed by atoms with E-state index in [4.69, 9.17) is 29.9 Å². The van der Waals surface area contributed by atoms with Crippen LogP contribution < -0.4 is 15.2 Å². The van der Waals surface area contributed by atoms with E-state index >= 15 is 0 Å². The van der Waals surface area contributed by atoms with Crippen molar-refractivity contribution in [3.8, 4) is 46.3 Å². The molecule has 7 heterocycles. The van der Waals surface area contributed by atoms with Crippen LogP contribution in [0.3, 0.4) is 0 Å². The maximum absolute atomic E-state index is 12.5. The van der Waals surface area contributed by atoms with Crippen molar-refractivity contribution in [1.82, 2.24) is 53.5 Å². The zero-order chi connectivity index (χ0) is 44.8. The lowest BCUT2D eigenvalue weighted by Crippen LogP contribution is -2.37. The fourth-order valence-electron chi connectivity index (χ4n) is 8.83. The maximum Gasteiger partial charge on any atom is 0.248 e. The lowest BCUT2D eigenvalue weighted by Gasteiger charge is -2.26. The molecule has 0 radical (unpaired) electrons. The molecular formula is C46H52N12O6. The van der Waals surface area contributed by atoms with Gasteiger partial charge in [0.2, 0.25) is 17.7 Å². The van der Waals surface area contributed by atoms with Gasteiger partial charge < -0.3 is 39.3 Å². The molecule has 6 aromatic heterocycles. The molecule has 8 aromatic rings. The topological polar surface area (TPSA) is 212 Å². The monoisotopic (exact) mass is 868 g/mol. The van der Waals surface area contributed by atoms with E-state index < -0.39 is 5.91 Å². The summed E-state index contributed by atoms with van der Waals surface area (Å²) in [5.41, 5.74) is 12.2. The number of fused-ring (bicyclic) bond motifs is 6. The third kappa shape index (κ3) is 7.61. The summed E-state index contributed by atoms with van der Waals surface area (Å²) in [6.07, 6.45) is 4.83. The molecule has 64 heavy (non-hydrogen) atoms. The number of benzene rings is 2. The highest BCUT2D eigenvalue weighted by molar-refractivity contribution is 6.14. The number of rotatable bonds is 15. The Labute approximate surface area is 368 Å². The van der Waals surface area contributed by atoms with Gasteiger partial charge in [-0.3, -0.25) is 19.1 Å². The van der Waals surface area contributed by atoms with Gasteiger partial charge >= 0.3 is 0 Å². The lowest BCUT2D eigenvalue weighted by atomic mass is 10.1. The van der Waals surface area contributed by atoms with E-state index in [9.17, 15) is 15.0 Å². The molecule has 1 saturated heterocycles. The summed E-state index contributed by atoms with van der Waals surface area (Å²) in [7, 11) is 1.52. The predicted molar refractivity (Wildman–Crippen MR) is 243 cm³/mol. The van der Waals surface area contributed by atoms with Gasteiger partial charge in [-0.25, -0.2) is 9.97 Å². The lowest BCUT2D eigenvalue weighted by molar-refractivity contribution is 0.0358. The van der Waals surface area contributed by atoms with Crippen LogP contribution >= 0.6 is 0 Å². The number of carbonyl (C=O) groups is 1. The predicted octanol–water partition coefficient (Wildman–Crippen LogP) is 6.05. The Balaban J connectivity index is 1.16. The minimum absolute atomic E-state index is 0.138. The SMILES string of the molecule is CCn1nc(C)cc1-c1nc(O)c2c3cc(C(N)=O)cc(OC)c3n(C/C=C/Cn3c4nc(-c5cc(C)nn5CC)nc(O)c4c4cc(C)cc(OCCCN5CCOCC5)c43)c2n1. The van der Waals surface area contributed by atoms with E-state index in [-0.39, 0.29) is 23.9 Å². The number of carbonyl (C=O) groups excluding carboxylic acids is 1. The van der Waals surface area contributed by atoms with E-state index in [1.165, 1.54) is 7.11 Å². The van der Waals surface area contributed by atoms with Gasteiger partial charge in [-0.15, -0.1) is 0 Å². The number of allylic oxidation sites excluding steroid dienone is 2. The van der Waals surface area contributed by atoms with E-state index in [2.05, 4.69) is 25.1 Å². The van der Waals surface area contributed by atoms with Gasteiger partial charge in [0.15, 0.2) is 11.6 Å². The van der Waals surface area contributed by atoms with Crippen molar-refractivity contribution in [3.05, 3.63) is 71.1 Å². The van der Waals surface area contributed by atoms with Crippen LogP contribution in [-0.2, 0) is 30.9 Å². The molecule has 9 rings (SSSR count). The first kappa shape index (κ1) is 42.3. The molecule has 2 aromatic carbocycles. The quantitative estimate of drug-likeness (QED) is 0.0792. The number of nitrogens with two attached hydrogens (primary N) is 1. The van der Waals surface area contributed by atoms with Gasteiger partial charge in [-0.05, 0) is 83.0 Å². The molecule has 18 heteroatoms. The number of amides is 1. The second kappa shape index (κ2) is 17.3. The van der Waals surface area contributed by atoms with Gasteiger partial charge in [0.05, 0.1) is 60.1 Å². The molecular weight excluding hydrogens is 817 g/mol. The second-order valence-corrected chi connectivity index (χ2v) is 16.1. The number of aromatic hydroxyl groups is 2. The summed E-state index contributed by atoms with van der Waals surface area (Å²) in [4.78, 5) is 34.2. The number of primary amides is 1. The van der Waals surface area contributed by atoms with Gasteiger partial charge in [-0.2, -0.15) is 20.2 Å². The number of hydrogen-bond donors (Lipinski definition) is 3. The van der Waals surface area contributed by atoms with Gasteiger partial charge in [-0.1, -0.05) is 12.2 Å². The van der Waals surface area contributed by atoms with Crippen LogP contribution in [0.1, 0.15) is 47.6 Å². The summed E-state index contributed by atoms with van der Waals surface area (Å²) in [6, 6.07) is 11.1. The maximum atomic E-state index is 12.5. The zero-order valence-corrected chi connectivity index (χ0v) is 36.9. The van der Waals surface area contributed by atoms with Crippen LogP contribution in [0.4, 0.5) is 0 Å². The first-order valence-corrected chi connectivity index (χ1v) is 21.6. The standard InChI is InChI=1S/C46H52N12O6/c1-7-57-32(22-27(4)52-57)41-48-43-36(45(60)50-41)30-20-26(3)21-35(64-17-11-12-54-15-18-63-19-16-54)39(30)56(43)14-10-9-13-55-38-31(24-29(40(47)59)25-34(38)62-6)37-44(55)49-42(51-46(37)61)33-23-28(5)53-58(33)8-2/h9-10,20-25H,7-8,11-19H2,1-6H3,(H2,47,59)(H,48,50,60)(H,49,51,61)/b10-9+. The summed E-state index contributed by atoms with van der Waals surface area (Å²) < 4.78 is 25.6. The highest BCUT2D eigenvalue weighted by Crippen LogP contribution is 2.42. The van der Waals surface area contributed by atoms with Gasteiger partial charge in [0.1, 0.15) is 34.2 Å². The Hall–Kier alpha value is -7.05. The van der Waals surface area contributed by atoms with Crippen molar-refractivity contribution in [2.24, 2.45) is 5.73 Å². The molecule has 0 saturated carbocycles. The smallest absolute Gasteiger partial charge is 0.248 e. The fraction of sp³-hybridized carbons (Fsp3) is 0.370. The van der Waals surface area contributed by atoms with E-state index in [0.29, 0.717) is 93.7 Å². The molecule has 18 nitrogen and oxygen atoms in total. The third-order valence-electron chi connectivity index (χ3n) is 11.7. The third-order valence-corrected chi connectivity index (χ3v) is 11.7. The molecule has 1 aliphatic heterocycles. The van der Waals surface area contributed by atoms with E-state index in [1.54, 1.807) is 16.8 Å². The molecule has 0 aliphatic carbocycles. The van der Waals surface area contributed by atoms with Crippen LogP contribution in [0.15, 0.2) is 48.6 Å². The highest BCUT2D eigenvalue weighted by atomic mass is 16.5. The molecule has 1 fully saturated rings. The highest BCUT2D eigenvalue weighted by Gasteiger charge is 2.26. The van der Waals surface area contributed by atoms with Crippen molar-refractivity contribution < 1.29 is 29.2 Å². The zero-order valence-electron chi connectivity index (χ0n) is 36.9. The molecule has 1 amide bonds. The first-order valence-electron chi connectivity index (χ1n) is 21.6. The average Bonchev–Trinajstić information content (AvgIpc) is 4.03. The van der Waals surface area contributed by atoms with Gasteiger partial charge in [0.25, 0.3) is 0 Å². The summed E-state index contributed by atoms with van der Waals surface area (Å²) in [5.74, 6) is 0.663. The Morgan fingerprint density at radius 2 is 1.31 bits per heavy atom. The van der Waals surface area contributed by atoms with E-state index in [0.717, 1.165) is 67.1 Å². The number of ether oxygens (including phenoxy) is 3. The number of hydrogen-bond acceptors (Lipinski definition) is 13. The number of morpholine rings is 1. The Kier molecular flexibility index (Phi) is 11.4. The number of methoxy groups -OCH3 is 1. The summed E-state index contributed by atoms with van der Waals surface area (Å²) in [6.45, 7) is 16.2. The van der Waals surface area contributed by atoms with Crippen molar-refractivity contribution in [2.75, 3.05) is 46.6 Å². The first-order chi connectivity index (χ1) is 31.0. The van der Waals surface area contributed by atoms with E-state index in [1.807, 2.05) is 84.9 Å². The largest absolute Gasteiger partial charge is 0.495 e. The van der Waals surface area contributed by atoms with Crippen molar-refractivity contribution in [1.29, 1.82) is 0 Å². The minimum Gasteiger partial charge on any atom is -0.495 e. The molecule has 4 N–H and O–H groups in total. The fourth-order valence-corrected chi connectivity index (χ4v) is 8.83. The molecule has 1 aliphatic rings. The van der Waals surface area contributed by atoms with Crippen LogP contribution in [0.25, 0.3) is 66.9 Å². The second-order valence-electron chi connectivity index (χ2n) is 16.1. The van der Waals surface area contributed by atoms with Gasteiger partial charge in [0, 0.05) is 62.1 Å². The number of aryl methyl sites for hydroxylation is 5. The van der Waals surface area contributed by atoms with Crippen molar-refractivity contribution in [2.45, 2.75) is 67.2 Å².